The number of aliphatic hydroxyl groups is 1. The quantitative estimate of drug-likeness (QED) is 0.847. The second-order valence-electron chi connectivity index (χ2n) is 6.45. The molecule has 3 aliphatic rings. The first-order valence-electron chi connectivity index (χ1n) is 7.08. The van der Waals surface area contributed by atoms with E-state index in [1.54, 1.807) is 0 Å². The number of hydrogen-bond acceptors (Lipinski definition) is 2. The Morgan fingerprint density at radius 1 is 1.21 bits per heavy atom. The van der Waals surface area contributed by atoms with Gasteiger partial charge in [0, 0.05) is 5.56 Å². The number of benzene rings is 1. The molecule has 0 radical (unpaired) electrons. The summed E-state index contributed by atoms with van der Waals surface area (Å²) in [5.41, 5.74) is 4.47. The van der Waals surface area contributed by atoms with Gasteiger partial charge < -0.3 is 9.67 Å². The monoisotopic (exact) mass is 252 g/mol. The van der Waals surface area contributed by atoms with E-state index in [-0.39, 0.29) is 6.10 Å². The average molecular weight is 252 g/mol. The predicted molar refractivity (Wildman–Crippen MR) is 71.6 cm³/mol. The summed E-state index contributed by atoms with van der Waals surface area (Å²) in [4.78, 5) is 4.32. The molecule has 1 aliphatic heterocycles. The molecule has 1 aromatic heterocycles. The van der Waals surface area contributed by atoms with Crippen LogP contribution in [0.2, 0.25) is 0 Å². The molecule has 19 heavy (non-hydrogen) atoms. The summed E-state index contributed by atoms with van der Waals surface area (Å²) in [7, 11) is 0. The Balaban J connectivity index is 1.61. The van der Waals surface area contributed by atoms with Crippen LogP contribution in [-0.2, 0) is 0 Å². The molecule has 1 aromatic carbocycles. The number of nitrogens with zero attached hydrogens (tertiary/aromatic N) is 2. The lowest BCUT2D eigenvalue weighted by Crippen LogP contribution is -2.32. The largest absolute Gasteiger partial charge is 0.393 e. The average Bonchev–Trinajstić information content (AvgIpc) is 2.81. The van der Waals surface area contributed by atoms with E-state index >= 15 is 0 Å². The first-order valence-corrected chi connectivity index (χ1v) is 7.08. The van der Waals surface area contributed by atoms with Gasteiger partial charge in [0.2, 0.25) is 0 Å². The van der Waals surface area contributed by atoms with Gasteiger partial charge in [0.15, 0.2) is 0 Å². The molecule has 5 rings (SSSR count). The van der Waals surface area contributed by atoms with Crippen molar-refractivity contribution in [1.82, 2.24) is 9.55 Å². The molecule has 2 aromatic rings. The summed E-state index contributed by atoms with van der Waals surface area (Å²) in [5.74, 6) is 0.687. The van der Waals surface area contributed by atoms with Gasteiger partial charge in [-0.05, 0) is 36.2 Å². The topological polar surface area (TPSA) is 38.1 Å². The Morgan fingerprint density at radius 2 is 2.05 bits per heavy atom. The Hall–Kier alpha value is -1.61. The molecule has 0 saturated heterocycles. The van der Waals surface area contributed by atoms with E-state index in [0.717, 1.165) is 12.8 Å². The summed E-state index contributed by atoms with van der Waals surface area (Å²) in [6.45, 7) is 0. The van der Waals surface area contributed by atoms with Crippen LogP contribution in [0.15, 0.2) is 36.8 Å². The van der Waals surface area contributed by atoms with Gasteiger partial charge in [0.25, 0.3) is 0 Å². The van der Waals surface area contributed by atoms with E-state index < -0.39 is 0 Å². The molecule has 96 valence electrons. The molecule has 3 nitrogen and oxygen atoms in total. The molecule has 2 fully saturated rings. The SMILES string of the molecule is OC1CC2(C1)CC2[C@H]1c2ccccc2-c2cncn21. The highest BCUT2D eigenvalue weighted by Crippen LogP contribution is 2.71. The van der Waals surface area contributed by atoms with Crippen LogP contribution < -0.4 is 0 Å². The van der Waals surface area contributed by atoms with E-state index in [4.69, 9.17) is 0 Å². The zero-order chi connectivity index (χ0) is 12.6. The first-order chi connectivity index (χ1) is 9.28. The van der Waals surface area contributed by atoms with Gasteiger partial charge in [0.05, 0.1) is 30.4 Å². The van der Waals surface area contributed by atoms with Gasteiger partial charge in [-0.1, -0.05) is 24.3 Å². The van der Waals surface area contributed by atoms with Gasteiger partial charge in [-0.2, -0.15) is 0 Å². The number of hydrogen-bond donors (Lipinski definition) is 1. The maximum atomic E-state index is 9.62. The lowest BCUT2D eigenvalue weighted by atomic mass is 9.75. The van der Waals surface area contributed by atoms with E-state index in [1.165, 1.54) is 23.2 Å². The van der Waals surface area contributed by atoms with Crippen LogP contribution in [0.5, 0.6) is 0 Å². The summed E-state index contributed by atoms with van der Waals surface area (Å²) >= 11 is 0. The van der Waals surface area contributed by atoms with Gasteiger partial charge in [0.1, 0.15) is 0 Å². The highest BCUT2D eigenvalue weighted by molar-refractivity contribution is 5.69. The zero-order valence-corrected chi connectivity index (χ0v) is 10.7. The number of fused-ring (bicyclic) bond motifs is 3. The molecule has 2 heterocycles. The second kappa shape index (κ2) is 3.10. The fraction of sp³-hybridized carbons (Fsp3) is 0.438. The van der Waals surface area contributed by atoms with Crippen molar-refractivity contribution >= 4 is 0 Å². The zero-order valence-electron chi connectivity index (χ0n) is 10.7. The number of aromatic nitrogens is 2. The lowest BCUT2D eigenvalue weighted by molar-refractivity contribution is 0.0172. The van der Waals surface area contributed by atoms with E-state index in [0.29, 0.717) is 17.4 Å². The fourth-order valence-electron chi connectivity index (χ4n) is 4.46. The third-order valence-electron chi connectivity index (χ3n) is 5.44. The Labute approximate surface area is 111 Å². The normalized spacial score (nSPS) is 37.8. The lowest BCUT2D eigenvalue weighted by Gasteiger charge is -2.34. The molecule has 2 saturated carbocycles. The third kappa shape index (κ3) is 1.15. The van der Waals surface area contributed by atoms with Crippen molar-refractivity contribution in [1.29, 1.82) is 0 Å². The molecule has 3 heteroatoms. The first kappa shape index (κ1) is 10.2. The fourth-order valence-corrected chi connectivity index (χ4v) is 4.46. The van der Waals surface area contributed by atoms with Crippen molar-refractivity contribution in [3.05, 3.63) is 42.4 Å². The summed E-state index contributed by atoms with van der Waals surface area (Å²) in [6.07, 6.45) is 7.16. The van der Waals surface area contributed by atoms with E-state index in [1.807, 2.05) is 12.5 Å². The molecule has 1 spiro atoms. The molecule has 0 bridgehead atoms. The van der Waals surface area contributed by atoms with Crippen LogP contribution in [0.4, 0.5) is 0 Å². The molecule has 2 atom stereocenters. The van der Waals surface area contributed by atoms with Gasteiger partial charge in [-0.15, -0.1) is 0 Å². The molecule has 2 aliphatic carbocycles. The molecular weight excluding hydrogens is 236 g/mol. The van der Waals surface area contributed by atoms with Crippen LogP contribution in [0.3, 0.4) is 0 Å². The van der Waals surface area contributed by atoms with Gasteiger partial charge in [-0.25, -0.2) is 4.98 Å². The number of rotatable bonds is 1. The molecule has 1 N–H and O–H groups in total. The van der Waals surface area contributed by atoms with Crippen LogP contribution >= 0.6 is 0 Å². The summed E-state index contributed by atoms with van der Waals surface area (Å²) in [6, 6.07) is 9.15. The van der Waals surface area contributed by atoms with E-state index in [2.05, 4.69) is 33.8 Å². The summed E-state index contributed by atoms with van der Waals surface area (Å²) in [5, 5.41) is 9.62. The van der Waals surface area contributed by atoms with E-state index in [9.17, 15) is 5.11 Å². The summed E-state index contributed by atoms with van der Waals surface area (Å²) < 4.78 is 2.34. The van der Waals surface area contributed by atoms with Crippen LogP contribution in [0.25, 0.3) is 11.3 Å². The van der Waals surface area contributed by atoms with Crippen LogP contribution in [-0.4, -0.2) is 20.8 Å². The maximum Gasteiger partial charge on any atom is 0.0956 e. The standard InChI is InChI=1S/C16H16N2O/c19-10-5-16(6-10)7-13(16)15-12-4-2-1-3-11(12)14-8-17-9-18(14)15/h1-4,8-10,13,15,19H,5-7H2/t10?,13?,15-,16?/m1/s1. The minimum absolute atomic E-state index is 0.0519. The molecule has 0 amide bonds. The van der Waals surface area contributed by atoms with Gasteiger partial charge >= 0.3 is 0 Å². The maximum absolute atomic E-state index is 9.62. The molecule has 1 unspecified atom stereocenters. The van der Waals surface area contributed by atoms with Crippen molar-refractivity contribution in [2.45, 2.75) is 31.4 Å². The minimum atomic E-state index is -0.0519. The Kier molecular flexibility index (Phi) is 1.67. The number of imidazole rings is 1. The Bertz CT molecular complexity index is 669. The predicted octanol–water partition coefficient (Wildman–Crippen LogP) is 2.61. The van der Waals surface area contributed by atoms with Gasteiger partial charge in [-0.3, -0.25) is 0 Å². The van der Waals surface area contributed by atoms with Crippen molar-refractivity contribution in [3.8, 4) is 11.3 Å². The highest BCUT2D eigenvalue weighted by Gasteiger charge is 2.64. The smallest absolute Gasteiger partial charge is 0.0956 e. The second-order valence-corrected chi connectivity index (χ2v) is 6.45. The molecular formula is C16H16N2O. The van der Waals surface area contributed by atoms with Crippen molar-refractivity contribution < 1.29 is 5.11 Å². The Morgan fingerprint density at radius 3 is 2.89 bits per heavy atom. The van der Waals surface area contributed by atoms with Crippen molar-refractivity contribution in [3.63, 3.8) is 0 Å². The van der Waals surface area contributed by atoms with Crippen molar-refractivity contribution in [2.75, 3.05) is 0 Å². The number of aliphatic hydroxyl groups excluding tert-OH is 1. The third-order valence-corrected chi connectivity index (χ3v) is 5.44. The highest BCUT2D eigenvalue weighted by atomic mass is 16.3. The van der Waals surface area contributed by atoms with Crippen LogP contribution in [0.1, 0.15) is 30.9 Å². The van der Waals surface area contributed by atoms with Crippen LogP contribution in [0, 0.1) is 11.3 Å². The van der Waals surface area contributed by atoms with Crippen molar-refractivity contribution in [2.24, 2.45) is 11.3 Å². The minimum Gasteiger partial charge on any atom is -0.393 e.